The highest BCUT2D eigenvalue weighted by Gasteiger charge is 2.08. The van der Waals surface area contributed by atoms with Crippen LogP contribution in [0.4, 0.5) is 0 Å². The summed E-state index contributed by atoms with van der Waals surface area (Å²) in [4.78, 5) is 0. The van der Waals surface area contributed by atoms with Gasteiger partial charge < -0.3 is 5.32 Å². The first-order valence-electron chi connectivity index (χ1n) is 6.34. The van der Waals surface area contributed by atoms with E-state index < -0.39 is 0 Å². The van der Waals surface area contributed by atoms with E-state index in [0.717, 1.165) is 12.5 Å². The number of aromatic amines is 1. The maximum Gasteiger partial charge on any atom is 0.0537 e. The molecule has 1 aromatic heterocycles. The van der Waals surface area contributed by atoms with Gasteiger partial charge in [-0.3, -0.25) is 5.10 Å². The van der Waals surface area contributed by atoms with Gasteiger partial charge >= 0.3 is 0 Å². The first kappa shape index (κ1) is 13.2. The molecule has 16 heavy (non-hydrogen) atoms. The Morgan fingerprint density at radius 2 is 2.06 bits per heavy atom. The smallest absolute Gasteiger partial charge is 0.0537 e. The average molecular weight is 223 g/mol. The lowest BCUT2D eigenvalue weighted by Gasteiger charge is -2.13. The molecule has 0 aliphatic heterocycles. The molecule has 1 atom stereocenters. The number of hydrogen-bond donors (Lipinski definition) is 2. The number of hydrogen-bond acceptors (Lipinski definition) is 2. The van der Waals surface area contributed by atoms with Crippen molar-refractivity contribution in [3.63, 3.8) is 0 Å². The number of aromatic nitrogens is 2. The Balaban J connectivity index is 2.16. The van der Waals surface area contributed by atoms with Crippen LogP contribution in [0.2, 0.25) is 0 Å². The summed E-state index contributed by atoms with van der Waals surface area (Å²) in [5.41, 5.74) is 2.45. The molecule has 0 spiro atoms. The predicted octanol–water partition coefficient (Wildman–Crippen LogP) is 3.20. The molecule has 0 saturated heterocycles. The van der Waals surface area contributed by atoms with Crippen LogP contribution in [0.5, 0.6) is 0 Å². The third kappa shape index (κ3) is 4.35. The van der Waals surface area contributed by atoms with Crippen molar-refractivity contribution in [3.05, 3.63) is 17.5 Å². The second-order valence-electron chi connectivity index (χ2n) is 5.02. The van der Waals surface area contributed by atoms with Crippen LogP contribution in [0.3, 0.4) is 0 Å². The molecule has 0 aliphatic rings. The third-order valence-electron chi connectivity index (χ3n) is 2.99. The van der Waals surface area contributed by atoms with E-state index in [4.69, 9.17) is 0 Å². The number of rotatable bonds is 7. The van der Waals surface area contributed by atoms with Gasteiger partial charge in [-0.15, -0.1) is 0 Å². The van der Waals surface area contributed by atoms with E-state index in [1.165, 1.54) is 30.5 Å². The summed E-state index contributed by atoms with van der Waals surface area (Å²) in [6.07, 6.45) is 5.84. The third-order valence-corrected chi connectivity index (χ3v) is 2.99. The van der Waals surface area contributed by atoms with Gasteiger partial charge in [-0.05, 0) is 32.7 Å². The number of aryl methyl sites for hydroxylation is 1. The van der Waals surface area contributed by atoms with Crippen molar-refractivity contribution in [3.8, 4) is 0 Å². The van der Waals surface area contributed by atoms with E-state index in [9.17, 15) is 0 Å². The largest absolute Gasteiger partial charge is 0.310 e. The Hall–Kier alpha value is -0.830. The molecule has 92 valence electrons. The second kappa shape index (κ2) is 6.69. The quantitative estimate of drug-likeness (QED) is 0.697. The molecule has 0 bridgehead atoms. The van der Waals surface area contributed by atoms with Gasteiger partial charge in [0.1, 0.15) is 0 Å². The van der Waals surface area contributed by atoms with Crippen LogP contribution in [0.1, 0.15) is 57.3 Å². The van der Waals surface area contributed by atoms with Crippen LogP contribution in [0.25, 0.3) is 0 Å². The van der Waals surface area contributed by atoms with E-state index in [1.54, 1.807) is 0 Å². The van der Waals surface area contributed by atoms with Crippen LogP contribution >= 0.6 is 0 Å². The molecule has 3 nitrogen and oxygen atoms in total. The number of H-pyrrole nitrogens is 1. The fourth-order valence-electron chi connectivity index (χ4n) is 1.90. The van der Waals surface area contributed by atoms with Crippen LogP contribution in [-0.2, 0) is 0 Å². The van der Waals surface area contributed by atoms with Gasteiger partial charge in [0.05, 0.1) is 6.20 Å². The van der Waals surface area contributed by atoms with Gasteiger partial charge in [0.15, 0.2) is 0 Å². The zero-order valence-electron chi connectivity index (χ0n) is 11.0. The molecule has 1 aromatic rings. The Labute approximate surface area is 99.0 Å². The van der Waals surface area contributed by atoms with Crippen molar-refractivity contribution in [2.24, 2.45) is 5.92 Å². The van der Waals surface area contributed by atoms with Crippen molar-refractivity contribution in [1.29, 1.82) is 0 Å². The van der Waals surface area contributed by atoms with Crippen molar-refractivity contribution in [2.75, 3.05) is 6.54 Å². The van der Waals surface area contributed by atoms with Gasteiger partial charge in [-0.2, -0.15) is 5.10 Å². The van der Waals surface area contributed by atoms with E-state index in [1.807, 2.05) is 6.20 Å². The number of nitrogens with one attached hydrogen (secondary N) is 2. The van der Waals surface area contributed by atoms with E-state index in [-0.39, 0.29) is 0 Å². The highest BCUT2D eigenvalue weighted by Crippen LogP contribution is 2.14. The summed E-state index contributed by atoms with van der Waals surface area (Å²) < 4.78 is 0. The average Bonchev–Trinajstić information content (AvgIpc) is 2.63. The Kier molecular flexibility index (Phi) is 5.53. The van der Waals surface area contributed by atoms with Crippen LogP contribution in [-0.4, -0.2) is 16.7 Å². The fraction of sp³-hybridized carbons (Fsp3) is 0.769. The monoisotopic (exact) mass is 223 g/mol. The minimum absolute atomic E-state index is 0.401. The van der Waals surface area contributed by atoms with E-state index in [2.05, 4.69) is 43.2 Å². The molecule has 1 rings (SSSR count). The normalized spacial score (nSPS) is 13.3. The molecule has 0 radical (unpaired) electrons. The van der Waals surface area contributed by atoms with E-state index >= 15 is 0 Å². The zero-order chi connectivity index (χ0) is 12.0. The summed E-state index contributed by atoms with van der Waals surface area (Å²) in [6.45, 7) is 9.92. The topological polar surface area (TPSA) is 40.7 Å². The Morgan fingerprint density at radius 3 is 2.62 bits per heavy atom. The summed E-state index contributed by atoms with van der Waals surface area (Å²) >= 11 is 0. The van der Waals surface area contributed by atoms with Crippen LogP contribution in [0.15, 0.2) is 6.20 Å². The van der Waals surface area contributed by atoms with Crippen LogP contribution in [0, 0.1) is 12.8 Å². The standard InChI is InChI=1S/C13H25N3/c1-10(2)7-5-6-8-14-11(3)13-9-15-16-12(13)4/h9-11,14H,5-8H2,1-4H3,(H,15,16). The number of nitrogens with zero attached hydrogens (tertiary/aromatic N) is 1. The molecule has 0 fully saturated rings. The molecule has 0 saturated carbocycles. The van der Waals surface area contributed by atoms with Crippen molar-refractivity contribution < 1.29 is 0 Å². The van der Waals surface area contributed by atoms with Crippen molar-refractivity contribution >= 4 is 0 Å². The van der Waals surface area contributed by atoms with E-state index in [0.29, 0.717) is 6.04 Å². The molecule has 0 aliphatic carbocycles. The minimum Gasteiger partial charge on any atom is -0.310 e. The Morgan fingerprint density at radius 1 is 1.31 bits per heavy atom. The van der Waals surface area contributed by atoms with Gasteiger partial charge in [0.25, 0.3) is 0 Å². The molecule has 3 heteroatoms. The first-order valence-corrected chi connectivity index (χ1v) is 6.34. The molecule has 0 aromatic carbocycles. The molecule has 1 heterocycles. The summed E-state index contributed by atoms with van der Waals surface area (Å²) in [6, 6.07) is 0.401. The van der Waals surface area contributed by atoms with Crippen LogP contribution < -0.4 is 5.32 Å². The van der Waals surface area contributed by atoms with Gasteiger partial charge in [-0.1, -0.05) is 26.7 Å². The lowest BCUT2D eigenvalue weighted by molar-refractivity contribution is 0.497. The highest BCUT2D eigenvalue weighted by atomic mass is 15.1. The fourth-order valence-corrected chi connectivity index (χ4v) is 1.90. The van der Waals surface area contributed by atoms with Crippen molar-refractivity contribution in [1.82, 2.24) is 15.5 Å². The SMILES string of the molecule is Cc1[nH]ncc1C(C)NCCCCC(C)C. The summed E-state index contributed by atoms with van der Waals surface area (Å²) in [7, 11) is 0. The molecule has 0 amide bonds. The van der Waals surface area contributed by atoms with Gasteiger partial charge in [0, 0.05) is 17.3 Å². The summed E-state index contributed by atoms with van der Waals surface area (Å²) in [5, 5.41) is 10.6. The maximum absolute atomic E-state index is 4.05. The zero-order valence-corrected chi connectivity index (χ0v) is 11.0. The number of unbranched alkanes of at least 4 members (excludes halogenated alkanes) is 1. The van der Waals surface area contributed by atoms with Gasteiger partial charge in [0.2, 0.25) is 0 Å². The van der Waals surface area contributed by atoms with Gasteiger partial charge in [-0.25, -0.2) is 0 Å². The predicted molar refractivity (Wildman–Crippen MR) is 68.4 cm³/mol. The first-order chi connectivity index (χ1) is 7.61. The lowest BCUT2D eigenvalue weighted by Crippen LogP contribution is -2.20. The maximum atomic E-state index is 4.05. The highest BCUT2D eigenvalue weighted by molar-refractivity contribution is 5.18. The molecular formula is C13H25N3. The lowest BCUT2D eigenvalue weighted by atomic mass is 10.1. The Bertz CT molecular complexity index is 291. The van der Waals surface area contributed by atoms with Crippen molar-refractivity contribution in [2.45, 2.75) is 53.0 Å². The minimum atomic E-state index is 0.401. The summed E-state index contributed by atoms with van der Waals surface area (Å²) in [5.74, 6) is 0.827. The molecule has 2 N–H and O–H groups in total. The molecular weight excluding hydrogens is 198 g/mol. The second-order valence-corrected chi connectivity index (χ2v) is 5.02. The molecule has 1 unspecified atom stereocenters.